The molecule has 0 radical (unpaired) electrons. The van der Waals surface area contributed by atoms with Crippen LogP contribution in [-0.2, 0) is 16.0 Å². The summed E-state index contributed by atoms with van der Waals surface area (Å²) in [6.45, 7) is 2.60. The predicted octanol–water partition coefficient (Wildman–Crippen LogP) is 4.76. The van der Waals surface area contributed by atoms with Crippen LogP contribution in [-0.4, -0.2) is 39.5 Å². The topological polar surface area (TPSA) is 90.5 Å². The number of hydrogen-bond acceptors (Lipinski definition) is 3. The van der Waals surface area contributed by atoms with Crippen molar-refractivity contribution < 1.29 is 14.7 Å². The molecule has 2 fully saturated rings. The highest BCUT2D eigenvalue weighted by atomic mass is 35.5. The van der Waals surface area contributed by atoms with Crippen LogP contribution in [0.1, 0.15) is 73.8 Å². The fourth-order valence-corrected chi connectivity index (χ4v) is 4.85. The van der Waals surface area contributed by atoms with E-state index in [9.17, 15) is 14.4 Å². The Balaban J connectivity index is 1.70. The average Bonchev–Trinajstić information content (AvgIpc) is 3.55. The first-order chi connectivity index (χ1) is 15.9. The largest absolute Gasteiger partial charge is 0.481 e. The number of benzene rings is 1. The molecule has 2 aliphatic rings. The minimum Gasteiger partial charge on any atom is -0.481 e. The van der Waals surface area contributed by atoms with E-state index in [4.69, 9.17) is 16.7 Å². The third kappa shape index (κ3) is 5.38. The molecule has 1 aromatic heterocycles. The summed E-state index contributed by atoms with van der Waals surface area (Å²) in [5.41, 5.74) is 4.06. The number of aromatic nitrogens is 1. The van der Waals surface area contributed by atoms with Gasteiger partial charge >= 0.3 is 5.97 Å². The highest BCUT2D eigenvalue weighted by Crippen LogP contribution is 2.38. The SMILES string of the molecule is CCN1C(=O)CC[C@@H]1/C=C(\c1ccc(CCCC(=O)O)c(Cl)c1)c1ccc(C2CC2)c(=O)[nH]1. The maximum Gasteiger partial charge on any atom is 0.303 e. The van der Waals surface area contributed by atoms with Gasteiger partial charge in [0, 0.05) is 41.2 Å². The van der Waals surface area contributed by atoms with Gasteiger partial charge < -0.3 is 15.0 Å². The van der Waals surface area contributed by atoms with Crippen molar-refractivity contribution in [1.82, 2.24) is 9.88 Å². The number of carbonyl (C=O) groups excluding carboxylic acids is 1. The monoisotopic (exact) mass is 468 g/mol. The highest BCUT2D eigenvalue weighted by molar-refractivity contribution is 6.31. The molecule has 1 aliphatic heterocycles. The molecule has 2 heterocycles. The Morgan fingerprint density at radius 1 is 1.21 bits per heavy atom. The minimum absolute atomic E-state index is 0.0434. The molecule has 2 aromatic rings. The number of H-pyrrole nitrogens is 1. The number of aryl methyl sites for hydroxylation is 1. The zero-order chi connectivity index (χ0) is 23.5. The molecule has 2 N–H and O–H groups in total. The number of carboxylic acids is 1. The maximum atomic E-state index is 12.7. The van der Waals surface area contributed by atoms with Crippen molar-refractivity contribution in [1.29, 1.82) is 0 Å². The van der Waals surface area contributed by atoms with Crippen LogP contribution in [0.25, 0.3) is 5.57 Å². The Kier molecular flexibility index (Phi) is 7.03. The van der Waals surface area contributed by atoms with Gasteiger partial charge in [-0.2, -0.15) is 0 Å². The molecule has 1 aliphatic carbocycles. The number of aromatic amines is 1. The summed E-state index contributed by atoms with van der Waals surface area (Å²) in [5.74, 6) is -0.321. The molecule has 6 nitrogen and oxygen atoms in total. The van der Waals surface area contributed by atoms with E-state index in [2.05, 4.69) is 11.1 Å². The summed E-state index contributed by atoms with van der Waals surface area (Å²) in [5, 5.41) is 9.45. The molecular formula is C26H29ClN2O4. The number of aliphatic carboxylic acids is 1. The fourth-order valence-electron chi connectivity index (χ4n) is 4.58. The number of likely N-dealkylation sites (tertiary alicyclic amines) is 1. The number of rotatable bonds is 9. The summed E-state index contributed by atoms with van der Waals surface area (Å²) >= 11 is 6.57. The van der Waals surface area contributed by atoms with Crippen molar-refractivity contribution in [3.8, 4) is 0 Å². The van der Waals surface area contributed by atoms with E-state index in [0.717, 1.165) is 41.5 Å². The molecule has 174 valence electrons. The average molecular weight is 469 g/mol. The summed E-state index contributed by atoms with van der Waals surface area (Å²) in [7, 11) is 0. The maximum absolute atomic E-state index is 12.7. The molecular weight excluding hydrogens is 440 g/mol. The molecule has 0 unspecified atom stereocenters. The lowest BCUT2D eigenvalue weighted by Crippen LogP contribution is -2.31. The van der Waals surface area contributed by atoms with Gasteiger partial charge in [-0.25, -0.2) is 0 Å². The Labute approximate surface area is 198 Å². The molecule has 1 saturated carbocycles. The molecule has 1 amide bonds. The van der Waals surface area contributed by atoms with Crippen molar-refractivity contribution >= 4 is 29.1 Å². The van der Waals surface area contributed by atoms with E-state index in [-0.39, 0.29) is 23.9 Å². The van der Waals surface area contributed by atoms with Gasteiger partial charge in [0.05, 0.1) is 6.04 Å². The lowest BCUT2D eigenvalue weighted by Gasteiger charge is -2.22. The lowest BCUT2D eigenvalue weighted by molar-refractivity contribution is -0.137. The fraction of sp³-hybridized carbons (Fsp3) is 0.423. The smallest absolute Gasteiger partial charge is 0.303 e. The Morgan fingerprint density at radius 3 is 2.64 bits per heavy atom. The molecule has 0 bridgehead atoms. The van der Waals surface area contributed by atoms with Gasteiger partial charge in [0.15, 0.2) is 0 Å². The first-order valence-electron chi connectivity index (χ1n) is 11.6. The second-order valence-electron chi connectivity index (χ2n) is 8.85. The Hall–Kier alpha value is -2.86. The quantitative estimate of drug-likeness (QED) is 0.555. The van der Waals surface area contributed by atoms with Crippen LogP contribution < -0.4 is 5.56 Å². The molecule has 1 aromatic carbocycles. The number of carbonyl (C=O) groups is 2. The Bertz CT molecular complexity index is 1150. The lowest BCUT2D eigenvalue weighted by atomic mass is 9.96. The number of hydrogen-bond donors (Lipinski definition) is 2. The molecule has 7 heteroatoms. The van der Waals surface area contributed by atoms with Crippen LogP contribution in [0, 0.1) is 0 Å². The van der Waals surface area contributed by atoms with Gasteiger partial charge in [-0.05, 0) is 68.2 Å². The van der Waals surface area contributed by atoms with E-state index in [0.29, 0.717) is 42.4 Å². The van der Waals surface area contributed by atoms with Crippen molar-refractivity contribution in [3.05, 3.63) is 74.2 Å². The van der Waals surface area contributed by atoms with Gasteiger partial charge in [0.25, 0.3) is 5.56 Å². The predicted molar refractivity (Wildman–Crippen MR) is 129 cm³/mol. The highest BCUT2D eigenvalue weighted by Gasteiger charge is 2.29. The summed E-state index contributed by atoms with van der Waals surface area (Å²) in [6.07, 6.45) is 6.62. The summed E-state index contributed by atoms with van der Waals surface area (Å²) in [4.78, 5) is 40.7. The molecule has 33 heavy (non-hydrogen) atoms. The van der Waals surface area contributed by atoms with Crippen LogP contribution in [0.4, 0.5) is 0 Å². The van der Waals surface area contributed by atoms with Crippen LogP contribution in [0.15, 0.2) is 41.2 Å². The second kappa shape index (κ2) is 9.96. The normalized spacial score (nSPS) is 18.7. The minimum atomic E-state index is -0.821. The van der Waals surface area contributed by atoms with Gasteiger partial charge in [-0.3, -0.25) is 14.4 Å². The van der Waals surface area contributed by atoms with Gasteiger partial charge in [0.1, 0.15) is 0 Å². The van der Waals surface area contributed by atoms with E-state index in [1.54, 1.807) is 0 Å². The summed E-state index contributed by atoms with van der Waals surface area (Å²) < 4.78 is 0. The van der Waals surface area contributed by atoms with Crippen LogP contribution in [0.5, 0.6) is 0 Å². The Morgan fingerprint density at radius 2 is 2.00 bits per heavy atom. The number of pyridine rings is 1. The standard InChI is InChI=1S/C26H29ClN2O4/c1-2-29-19(10-13-24(29)30)15-21(23-12-11-20(16-6-7-16)26(33)28-23)18-9-8-17(22(27)14-18)4-3-5-25(31)32/h8-9,11-12,14-16,19H,2-7,10,13H2,1H3,(H,28,33)(H,31,32)/b21-15+/t19-/m1/s1. The van der Waals surface area contributed by atoms with Crippen molar-refractivity contribution in [2.24, 2.45) is 0 Å². The van der Waals surface area contributed by atoms with Crippen LogP contribution in [0.3, 0.4) is 0 Å². The van der Waals surface area contributed by atoms with E-state index in [1.807, 2.05) is 42.2 Å². The van der Waals surface area contributed by atoms with Gasteiger partial charge in [-0.1, -0.05) is 35.9 Å². The van der Waals surface area contributed by atoms with E-state index < -0.39 is 5.97 Å². The third-order valence-corrected chi connectivity index (χ3v) is 6.87. The molecule has 4 rings (SSSR count). The number of nitrogens with zero attached hydrogens (tertiary/aromatic N) is 1. The van der Waals surface area contributed by atoms with Crippen LogP contribution in [0.2, 0.25) is 5.02 Å². The second-order valence-corrected chi connectivity index (χ2v) is 9.26. The van der Waals surface area contributed by atoms with Crippen molar-refractivity contribution in [2.75, 3.05) is 6.54 Å². The number of halogens is 1. The third-order valence-electron chi connectivity index (χ3n) is 6.52. The van der Waals surface area contributed by atoms with E-state index in [1.165, 1.54) is 0 Å². The first-order valence-corrected chi connectivity index (χ1v) is 12.0. The number of carboxylic acid groups (broad SMARTS) is 1. The zero-order valence-corrected chi connectivity index (χ0v) is 19.5. The molecule has 1 atom stereocenters. The van der Waals surface area contributed by atoms with Gasteiger partial charge in [0.2, 0.25) is 5.91 Å². The first kappa shape index (κ1) is 23.3. The molecule has 0 spiro atoms. The van der Waals surface area contributed by atoms with E-state index >= 15 is 0 Å². The van der Waals surface area contributed by atoms with Crippen molar-refractivity contribution in [3.63, 3.8) is 0 Å². The number of likely N-dealkylation sites (N-methyl/N-ethyl adjacent to an activating group) is 1. The van der Waals surface area contributed by atoms with Crippen LogP contribution >= 0.6 is 11.6 Å². The van der Waals surface area contributed by atoms with Crippen molar-refractivity contribution in [2.45, 2.75) is 63.8 Å². The zero-order valence-electron chi connectivity index (χ0n) is 18.8. The molecule has 1 saturated heterocycles. The van der Waals surface area contributed by atoms with Gasteiger partial charge in [-0.15, -0.1) is 0 Å². The number of amides is 1. The summed E-state index contributed by atoms with van der Waals surface area (Å²) in [6, 6.07) is 9.55. The number of nitrogens with one attached hydrogen (secondary N) is 1.